The van der Waals surface area contributed by atoms with Crippen molar-refractivity contribution in [2.45, 2.75) is 6.61 Å². The number of anilines is 1. The van der Waals surface area contributed by atoms with Crippen molar-refractivity contribution >= 4 is 11.8 Å². The quantitative estimate of drug-likeness (QED) is 0.770. The Bertz CT molecular complexity index is 855. The van der Waals surface area contributed by atoms with Crippen molar-refractivity contribution in [3.63, 3.8) is 0 Å². The molecule has 6 heteroatoms. The van der Waals surface area contributed by atoms with Gasteiger partial charge in [-0.25, -0.2) is 4.68 Å². The minimum atomic E-state index is -1.22. The van der Waals surface area contributed by atoms with Crippen molar-refractivity contribution in [2.24, 2.45) is 0 Å². The number of ether oxygens (including phenoxy) is 1. The predicted molar refractivity (Wildman–Crippen MR) is 88.5 cm³/mol. The van der Waals surface area contributed by atoms with Crippen molar-refractivity contribution in [1.29, 1.82) is 0 Å². The van der Waals surface area contributed by atoms with Crippen LogP contribution in [0.1, 0.15) is 16.1 Å². The average Bonchev–Trinajstić information content (AvgIpc) is 2.92. The van der Waals surface area contributed by atoms with Crippen molar-refractivity contribution in [3.05, 3.63) is 65.9 Å². The summed E-state index contributed by atoms with van der Waals surface area (Å²) >= 11 is 0. The van der Waals surface area contributed by atoms with Gasteiger partial charge in [0, 0.05) is 12.7 Å². The van der Waals surface area contributed by atoms with Gasteiger partial charge >= 0.3 is 0 Å². The van der Waals surface area contributed by atoms with E-state index in [0.717, 1.165) is 11.1 Å². The second kappa shape index (κ2) is 6.55. The smallest absolute Gasteiger partial charge is 0.135 e. The van der Waals surface area contributed by atoms with E-state index in [1.165, 1.54) is 12.1 Å². The second-order valence-corrected chi connectivity index (χ2v) is 5.25. The summed E-state index contributed by atoms with van der Waals surface area (Å²) in [5.74, 6) is -0.755. The van der Waals surface area contributed by atoms with Gasteiger partial charge < -0.3 is 20.4 Å². The van der Waals surface area contributed by atoms with Crippen LogP contribution in [0.4, 0.5) is 5.82 Å². The van der Waals surface area contributed by atoms with E-state index in [0.29, 0.717) is 23.8 Å². The highest BCUT2D eigenvalue weighted by molar-refractivity contribution is 5.86. The number of aromatic carboxylic acids is 1. The number of nitrogens with two attached hydrogens (primary N) is 1. The molecule has 0 bridgehead atoms. The lowest BCUT2D eigenvalue weighted by Crippen LogP contribution is -2.22. The van der Waals surface area contributed by atoms with Gasteiger partial charge in [-0.2, -0.15) is 5.10 Å². The zero-order chi connectivity index (χ0) is 17.1. The third kappa shape index (κ3) is 2.87. The fourth-order valence-corrected chi connectivity index (χ4v) is 2.57. The monoisotopic (exact) mass is 322 g/mol. The van der Waals surface area contributed by atoms with Gasteiger partial charge in [0.15, 0.2) is 0 Å². The Morgan fingerprint density at radius 2 is 1.83 bits per heavy atom. The average molecular weight is 322 g/mol. The van der Waals surface area contributed by atoms with E-state index in [2.05, 4.69) is 5.10 Å². The number of carboxylic acids is 1. The summed E-state index contributed by atoms with van der Waals surface area (Å²) < 4.78 is 6.81. The van der Waals surface area contributed by atoms with Crippen LogP contribution in [0, 0.1) is 0 Å². The maximum absolute atomic E-state index is 10.9. The Morgan fingerprint density at radius 3 is 2.42 bits per heavy atom. The van der Waals surface area contributed by atoms with Crippen LogP contribution in [-0.4, -0.2) is 22.9 Å². The van der Waals surface area contributed by atoms with Crippen molar-refractivity contribution in [2.75, 3.05) is 12.8 Å². The summed E-state index contributed by atoms with van der Waals surface area (Å²) in [4.78, 5) is 10.9. The minimum absolute atomic E-state index is 0.102. The largest absolute Gasteiger partial charge is 0.545 e. The highest BCUT2D eigenvalue weighted by atomic mass is 16.5. The van der Waals surface area contributed by atoms with Crippen molar-refractivity contribution in [1.82, 2.24) is 9.78 Å². The molecule has 0 unspecified atom stereocenters. The molecule has 3 aromatic rings. The molecule has 3 rings (SSSR count). The van der Waals surface area contributed by atoms with Crippen molar-refractivity contribution in [3.8, 4) is 16.8 Å². The van der Waals surface area contributed by atoms with Gasteiger partial charge in [-0.3, -0.25) is 0 Å². The molecule has 0 saturated carbocycles. The molecule has 1 aromatic heterocycles. The van der Waals surface area contributed by atoms with Crippen LogP contribution in [-0.2, 0) is 11.3 Å². The van der Waals surface area contributed by atoms with Crippen LogP contribution in [0.25, 0.3) is 16.8 Å². The Kier molecular flexibility index (Phi) is 4.31. The first kappa shape index (κ1) is 15.8. The number of nitrogens with zero attached hydrogens (tertiary/aromatic N) is 2. The molecule has 0 saturated heterocycles. The maximum atomic E-state index is 10.9. The molecule has 24 heavy (non-hydrogen) atoms. The Morgan fingerprint density at radius 1 is 1.17 bits per heavy atom. The van der Waals surface area contributed by atoms with Crippen LogP contribution in [0.15, 0.2) is 54.6 Å². The number of nitrogen functional groups attached to an aromatic ring is 1. The number of carbonyl (C=O) groups is 1. The first-order valence-corrected chi connectivity index (χ1v) is 7.35. The Labute approximate surface area is 139 Å². The Hall–Kier alpha value is -3.12. The van der Waals surface area contributed by atoms with Gasteiger partial charge in [-0.05, 0) is 23.3 Å². The number of hydrogen-bond acceptors (Lipinski definition) is 5. The molecule has 0 amide bonds. The lowest BCUT2D eigenvalue weighted by molar-refractivity contribution is -0.255. The summed E-state index contributed by atoms with van der Waals surface area (Å²) in [6, 6.07) is 15.9. The number of rotatable bonds is 5. The first-order valence-electron chi connectivity index (χ1n) is 7.35. The third-order valence-electron chi connectivity index (χ3n) is 3.68. The lowest BCUT2D eigenvalue weighted by atomic mass is 10.1. The number of aromatic nitrogens is 2. The number of carboxylic acid groups (broad SMARTS) is 1. The van der Waals surface area contributed by atoms with Gasteiger partial charge in [-0.1, -0.05) is 42.5 Å². The summed E-state index contributed by atoms with van der Waals surface area (Å²) in [5, 5.41) is 15.4. The molecule has 0 fully saturated rings. The van der Waals surface area contributed by atoms with E-state index in [-0.39, 0.29) is 5.56 Å². The third-order valence-corrected chi connectivity index (χ3v) is 3.68. The summed E-state index contributed by atoms with van der Waals surface area (Å²) in [6.07, 6.45) is 0. The zero-order valence-electron chi connectivity index (χ0n) is 13.1. The molecule has 6 nitrogen and oxygen atoms in total. The molecule has 0 aliphatic heterocycles. The molecule has 122 valence electrons. The normalized spacial score (nSPS) is 10.7. The molecule has 0 aliphatic carbocycles. The van der Waals surface area contributed by atoms with Crippen LogP contribution in [0.3, 0.4) is 0 Å². The van der Waals surface area contributed by atoms with Gasteiger partial charge in [0.1, 0.15) is 5.82 Å². The number of benzene rings is 2. The lowest BCUT2D eigenvalue weighted by Gasteiger charge is -2.07. The maximum Gasteiger partial charge on any atom is 0.135 e. The topological polar surface area (TPSA) is 93.2 Å². The molecule has 2 N–H and O–H groups in total. The molecule has 0 atom stereocenters. The van der Waals surface area contributed by atoms with E-state index >= 15 is 0 Å². The van der Waals surface area contributed by atoms with E-state index < -0.39 is 5.97 Å². The number of methoxy groups -OCH3 is 1. The van der Waals surface area contributed by atoms with Crippen LogP contribution < -0.4 is 10.8 Å². The van der Waals surface area contributed by atoms with Crippen LogP contribution in [0.2, 0.25) is 0 Å². The zero-order valence-corrected chi connectivity index (χ0v) is 13.1. The summed E-state index contributed by atoms with van der Waals surface area (Å²) in [6.45, 7) is 0.318. The first-order chi connectivity index (χ1) is 11.6. The molecule has 2 aromatic carbocycles. The summed E-state index contributed by atoms with van der Waals surface area (Å²) in [5.41, 5.74) is 9.54. The fourth-order valence-electron chi connectivity index (χ4n) is 2.57. The SMILES string of the molecule is COCc1nn(-c2ccc(C(=O)[O-])cc2)c(N)c1-c1ccccc1. The van der Waals surface area contributed by atoms with E-state index in [1.54, 1.807) is 23.9 Å². The molecule has 1 heterocycles. The van der Waals surface area contributed by atoms with E-state index in [4.69, 9.17) is 10.5 Å². The van der Waals surface area contributed by atoms with Gasteiger partial charge in [0.05, 0.1) is 24.0 Å². The van der Waals surface area contributed by atoms with E-state index in [1.807, 2.05) is 30.3 Å². The molecule has 0 aliphatic rings. The van der Waals surface area contributed by atoms with Gasteiger partial charge in [-0.15, -0.1) is 0 Å². The molecular formula is C18H16N3O3-. The van der Waals surface area contributed by atoms with Gasteiger partial charge in [0.25, 0.3) is 0 Å². The van der Waals surface area contributed by atoms with Gasteiger partial charge in [0.2, 0.25) is 0 Å². The standard InChI is InChI=1S/C18H17N3O3/c1-24-11-15-16(12-5-3-2-4-6-12)17(19)21(20-15)14-9-7-13(8-10-14)18(22)23/h2-10H,11,19H2,1H3,(H,22,23)/p-1. The predicted octanol–water partition coefficient (Wildman–Crippen LogP) is 1.63. The number of hydrogen-bond donors (Lipinski definition) is 1. The van der Waals surface area contributed by atoms with Crippen LogP contribution >= 0.6 is 0 Å². The molecular weight excluding hydrogens is 306 g/mol. The Balaban J connectivity index is 2.11. The minimum Gasteiger partial charge on any atom is -0.545 e. The molecule has 0 radical (unpaired) electrons. The van der Waals surface area contributed by atoms with Crippen LogP contribution in [0.5, 0.6) is 0 Å². The second-order valence-electron chi connectivity index (χ2n) is 5.25. The summed E-state index contributed by atoms with van der Waals surface area (Å²) in [7, 11) is 1.60. The highest BCUT2D eigenvalue weighted by Gasteiger charge is 2.18. The van der Waals surface area contributed by atoms with Crippen molar-refractivity contribution < 1.29 is 14.6 Å². The molecule has 0 spiro atoms. The fraction of sp³-hybridized carbons (Fsp3) is 0.111. The van der Waals surface area contributed by atoms with E-state index in [9.17, 15) is 9.90 Å². The highest BCUT2D eigenvalue weighted by Crippen LogP contribution is 2.31. The number of carbonyl (C=O) groups excluding carboxylic acids is 1.